The summed E-state index contributed by atoms with van der Waals surface area (Å²) in [5.74, 6) is -0.174. The molecule has 0 aliphatic carbocycles. The molecule has 1 aliphatic heterocycles. The second kappa shape index (κ2) is 12.0. The van der Waals surface area contributed by atoms with Gasteiger partial charge in [0.2, 0.25) is 5.91 Å². The van der Waals surface area contributed by atoms with Crippen molar-refractivity contribution in [2.24, 2.45) is 0 Å². The number of carbonyl (C=O) groups is 1. The van der Waals surface area contributed by atoms with E-state index in [4.69, 9.17) is 0 Å². The van der Waals surface area contributed by atoms with Crippen LogP contribution < -0.4 is 10.5 Å². The molecule has 1 amide bonds. The van der Waals surface area contributed by atoms with Crippen molar-refractivity contribution in [1.29, 1.82) is 0 Å². The topological polar surface area (TPSA) is 55.2 Å². The lowest BCUT2D eigenvalue weighted by Crippen LogP contribution is -2.27. The SMILES string of the molecule is C=CC(=O)N1CCc2ccc(-n3c(=O)ccc4cnc5ccc(-c6ccc(CCCc7cccc(C(F)(F)F)c7)cc6)cc5c43)cc21. The third-order valence-corrected chi connectivity index (χ3v) is 8.85. The van der Waals surface area contributed by atoms with Crippen molar-refractivity contribution >= 4 is 33.4 Å². The van der Waals surface area contributed by atoms with Crippen LogP contribution in [-0.4, -0.2) is 22.0 Å². The van der Waals surface area contributed by atoms with Crippen molar-refractivity contribution in [2.45, 2.75) is 31.9 Å². The summed E-state index contributed by atoms with van der Waals surface area (Å²) < 4.78 is 40.9. The molecule has 0 fully saturated rings. The van der Waals surface area contributed by atoms with Gasteiger partial charge in [-0.3, -0.25) is 19.1 Å². The zero-order valence-corrected chi connectivity index (χ0v) is 25.4. The van der Waals surface area contributed by atoms with Crippen LogP contribution in [0, 0.1) is 0 Å². The number of aromatic nitrogens is 2. The Morgan fingerprint density at radius 2 is 1.66 bits per heavy atom. The number of hydrogen-bond acceptors (Lipinski definition) is 3. The molecule has 234 valence electrons. The molecule has 0 atom stereocenters. The van der Waals surface area contributed by atoms with Crippen LogP contribution in [0.3, 0.4) is 0 Å². The van der Waals surface area contributed by atoms with Crippen LogP contribution in [0.25, 0.3) is 38.6 Å². The van der Waals surface area contributed by atoms with Crippen molar-refractivity contribution in [3.05, 3.63) is 149 Å². The van der Waals surface area contributed by atoms with E-state index in [1.807, 2.05) is 60.7 Å². The lowest BCUT2D eigenvalue weighted by molar-refractivity contribution is -0.137. The van der Waals surface area contributed by atoms with Crippen LogP contribution in [-0.2, 0) is 30.2 Å². The summed E-state index contributed by atoms with van der Waals surface area (Å²) >= 11 is 0. The minimum Gasteiger partial charge on any atom is -0.308 e. The predicted molar refractivity (Wildman–Crippen MR) is 180 cm³/mol. The number of anilines is 1. The molecule has 4 aromatic carbocycles. The highest BCUT2D eigenvalue weighted by molar-refractivity contribution is 6.06. The maximum absolute atomic E-state index is 13.5. The Morgan fingerprint density at radius 3 is 2.45 bits per heavy atom. The van der Waals surface area contributed by atoms with Gasteiger partial charge in [0.15, 0.2) is 0 Å². The first-order valence-corrected chi connectivity index (χ1v) is 15.5. The summed E-state index contributed by atoms with van der Waals surface area (Å²) in [5, 5.41) is 1.63. The number of fused-ring (bicyclic) bond motifs is 4. The molecule has 0 saturated heterocycles. The summed E-state index contributed by atoms with van der Waals surface area (Å²) in [4.78, 5) is 32.3. The monoisotopic (exact) mass is 629 g/mol. The molecule has 0 unspecified atom stereocenters. The van der Waals surface area contributed by atoms with Gasteiger partial charge in [-0.15, -0.1) is 0 Å². The highest BCUT2D eigenvalue weighted by Crippen LogP contribution is 2.34. The van der Waals surface area contributed by atoms with Gasteiger partial charge in [0, 0.05) is 35.3 Å². The van der Waals surface area contributed by atoms with Crippen LogP contribution in [0.2, 0.25) is 0 Å². The minimum atomic E-state index is -4.34. The normalized spacial score (nSPS) is 12.9. The van der Waals surface area contributed by atoms with Crippen molar-refractivity contribution in [1.82, 2.24) is 9.55 Å². The van der Waals surface area contributed by atoms with Gasteiger partial charge >= 0.3 is 6.18 Å². The van der Waals surface area contributed by atoms with E-state index < -0.39 is 11.7 Å². The Bertz CT molecular complexity index is 2240. The maximum Gasteiger partial charge on any atom is 0.416 e. The molecule has 0 N–H and O–H groups in total. The molecule has 1 aliphatic rings. The molecule has 0 spiro atoms. The predicted octanol–water partition coefficient (Wildman–Crippen LogP) is 8.48. The first-order valence-electron chi connectivity index (χ1n) is 15.5. The van der Waals surface area contributed by atoms with Gasteiger partial charge in [0.05, 0.1) is 22.3 Å². The fourth-order valence-electron chi connectivity index (χ4n) is 6.46. The second-order valence-electron chi connectivity index (χ2n) is 11.8. The van der Waals surface area contributed by atoms with E-state index >= 15 is 0 Å². The summed E-state index contributed by atoms with van der Waals surface area (Å²) in [6.07, 6.45) is 1.50. The van der Waals surface area contributed by atoms with E-state index in [-0.39, 0.29) is 11.5 Å². The number of carbonyl (C=O) groups excluding carboxylic acids is 1. The lowest BCUT2D eigenvalue weighted by Gasteiger charge is -2.18. The quantitative estimate of drug-likeness (QED) is 0.132. The Kier molecular flexibility index (Phi) is 7.72. The number of pyridine rings is 2. The first kappa shape index (κ1) is 30.2. The van der Waals surface area contributed by atoms with Crippen molar-refractivity contribution < 1.29 is 18.0 Å². The van der Waals surface area contributed by atoms with Crippen molar-refractivity contribution in [3.8, 4) is 16.8 Å². The largest absolute Gasteiger partial charge is 0.416 e. The number of rotatable bonds is 7. The number of amides is 1. The van der Waals surface area contributed by atoms with E-state index in [2.05, 4.69) is 11.6 Å². The fourth-order valence-corrected chi connectivity index (χ4v) is 6.46. The van der Waals surface area contributed by atoms with Gasteiger partial charge in [-0.05, 0) is 96.0 Å². The lowest BCUT2D eigenvalue weighted by atomic mass is 9.98. The summed E-state index contributed by atoms with van der Waals surface area (Å²) in [5.41, 5.74) is 6.89. The smallest absolute Gasteiger partial charge is 0.308 e. The zero-order valence-electron chi connectivity index (χ0n) is 25.4. The molecule has 47 heavy (non-hydrogen) atoms. The van der Waals surface area contributed by atoms with E-state index in [1.54, 1.807) is 27.8 Å². The highest BCUT2D eigenvalue weighted by Gasteiger charge is 2.30. The fraction of sp³-hybridized carbons (Fsp3) is 0.154. The van der Waals surface area contributed by atoms with Crippen LogP contribution in [0.15, 0.2) is 121 Å². The van der Waals surface area contributed by atoms with Gasteiger partial charge in [-0.2, -0.15) is 13.2 Å². The molecular formula is C39H30F3N3O2. The average Bonchev–Trinajstić information content (AvgIpc) is 3.51. The number of hydrogen-bond donors (Lipinski definition) is 0. The van der Waals surface area contributed by atoms with Crippen LogP contribution in [0.5, 0.6) is 0 Å². The summed E-state index contributed by atoms with van der Waals surface area (Å²) in [6.45, 7) is 4.20. The number of alkyl halides is 3. The Hall–Kier alpha value is -5.50. The van der Waals surface area contributed by atoms with Gasteiger partial charge in [0.25, 0.3) is 5.56 Å². The number of nitrogens with zero attached hydrogens (tertiary/aromatic N) is 3. The number of halogens is 3. The molecular weight excluding hydrogens is 599 g/mol. The molecule has 5 nitrogen and oxygen atoms in total. The van der Waals surface area contributed by atoms with E-state index in [0.29, 0.717) is 24.2 Å². The Labute approximate surface area is 269 Å². The first-order chi connectivity index (χ1) is 22.7. The van der Waals surface area contributed by atoms with Crippen LogP contribution in [0.4, 0.5) is 18.9 Å². The molecule has 8 heteroatoms. The number of aryl methyl sites for hydroxylation is 2. The Balaban J connectivity index is 1.20. The zero-order chi connectivity index (χ0) is 32.7. The summed E-state index contributed by atoms with van der Waals surface area (Å²) in [6, 6.07) is 28.8. The average molecular weight is 630 g/mol. The molecule has 0 bridgehead atoms. The van der Waals surface area contributed by atoms with Crippen molar-refractivity contribution in [3.63, 3.8) is 0 Å². The van der Waals surface area contributed by atoms with Gasteiger partial charge < -0.3 is 4.90 Å². The molecule has 7 rings (SSSR count). The van der Waals surface area contributed by atoms with Gasteiger partial charge in [-0.25, -0.2) is 0 Å². The molecule has 0 saturated carbocycles. The van der Waals surface area contributed by atoms with Gasteiger partial charge in [-0.1, -0.05) is 61.2 Å². The van der Waals surface area contributed by atoms with Gasteiger partial charge in [0.1, 0.15) is 0 Å². The van der Waals surface area contributed by atoms with Crippen LogP contribution in [0.1, 0.15) is 28.7 Å². The molecule has 3 heterocycles. The number of benzene rings is 4. The van der Waals surface area contributed by atoms with E-state index in [9.17, 15) is 22.8 Å². The minimum absolute atomic E-state index is 0.174. The Morgan fingerprint density at radius 1 is 0.872 bits per heavy atom. The molecule has 0 radical (unpaired) electrons. The molecule has 6 aromatic rings. The summed E-state index contributed by atoms with van der Waals surface area (Å²) in [7, 11) is 0. The van der Waals surface area contributed by atoms with E-state index in [1.165, 1.54) is 24.3 Å². The van der Waals surface area contributed by atoms with Crippen molar-refractivity contribution in [2.75, 3.05) is 11.4 Å². The standard InChI is InChI=1S/C39H30F3N3O2/c1-2-36(46)44-20-19-28-13-16-32(23-35(28)44)45-37(47)18-15-30-24-43-34-17-14-29(22-33(34)38(30)45)27-11-9-25(10-12-27)5-3-6-26-7-4-8-31(21-26)39(40,41)42/h2,4,7-18,21-24H,1,3,5-6,19-20H2. The van der Waals surface area contributed by atoms with Crippen LogP contribution >= 0.6 is 0 Å². The van der Waals surface area contributed by atoms with E-state index in [0.717, 1.165) is 75.1 Å². The third kappa shape index (κ3) is 5.83. The second-order valence-corrected chi connectivity index (χ2v) is 11.8. The third-order valence-electron chi connectivity index (χ3n) is 8.85. The molecule has 2 aromatic heterocycles. The highest BCUT2D eigenvalue weighted by atomic mass is 19.4. The maximum atomic E-state index is 13.5.